The summed E-state index contributed by atoms with van der Waals surface area (Å²) in [6.07, 6.45) is 6.07. The summed E-state index contributed by atoms with van der Waals surface area (Å²) in [7, 11) is -3.47. The Balaban J connectivity index is 1.67. The van der Waals surface area contributed by atoms with Crippen molar-refractivity contribution in [2.75, 3.05) is 6.54 Å². The Hall–Kier alpha value is -1.66. The number of nitrogens with one attached hydrogen (secondary N) is 1. The van der Waals surface area contributed by atoms with Crippen LogP contribution in [0.1, 0.15) is 35.7 Å². The molecule has 1 aromatic carbocycles. The molecule has 6 heteroatoms. The molecule has 0 atom stereocenters. The first-order chi connectivity index (χ1) is 10.5. The summed E-state index contributed by atoms with van der Waals surface area (Å²) >= 11 is 0. The molecular weight excluding hydrogens is 298 g/mol. The number of aromatic nitrogens is 2. The van der Waals surface area contributed by atoms with E-state index in [1.165, 1.54) is 12.8 Å². The second-order valence-electron chi connectivity index (χ2n) is 5.92. The largest absolute Gasteiger partial charge is 0.333 e. The van der Waals surface area contributed by atoms with Crippen molar-refractivity contribution in [2.45, 2.75) is 44.0 Å². The lowest BCUT2D eigenvalue weighted by molar-refractivity contribution is 0.568. The molecule has 118 valence electrons. The summed E-state index contributed by atoms with van der Waals surface area (Å²) in [5.41, 5.74) is 1.70. The van der Waals surface area contributed by atoms with Gasteiger partial charge in [-0.1, -0.05) is 12.1 Å². The van der Waals surface area contributed by atoms with Crippen LogP contribution < -0.4 is 4.72 Å². The summed E-state index contributed by atoms with van der Waals surface area (Å²) in [6.45, 7) is 4.68. The second-order valence-corrected chi connectivity index (χ2v) is 7.66. The van der Waals surface area contributed by atoms with Crippen molar-refractivity contribution >= 4 is 10.0 Å². The number of hydrogen-bond acceptors (Lipinski definition) is 3. The SMILES string of the molecule is Cc1ccc(C)c(S(=O)(=O)NCCn2ccnc2C2CC2)c1. The quantitative estimate of drug-likeness (QED) is 0.889. The fourth-order valence-electron chi connectivity index (χ4n) is 2.59. The number of aryl methyl sites for hydroxylation is 2. The Morgan fingerprint density at radius 2 is 2.09 bits per heavy atom. The molecule has 3 rings (SSSR count). The van der Waals surface area contributed by atoms with E-state index in [-0.39, 0.29) is 0 Å². The van der Waals surface area contributed by atoms with Crippen molar-refractivity contribution in [1.29, 1.82) is 0 Å². The Morgan fingerprint density at radius 3 is 2.82 bits per heavy atom. The van der Waals surface area contributed by atoms with E-state index < -0.39 is 10.0 Å². The molecule has 0 saturated heterocycles. The molecule has 0 radical (unpaired) electrons. The number of sulfonamides is 1. The normalized spacial score (nSPS) is 15.2. The summed E-state index contributed by atoms with van der Waals surface area (Å²) in [4.78, 5) is 4.72. The smallest absolute Gasteiger partial charge is 0.240 e. The standard InChI is InChI=1S/C16H21N3O2S/c1-12-3-4-13(2)15(11-12)22(20,21)18-8-10-19-9-7-17-16(19)14-5-6-14/h3-4,7,9,11,14,18H,5-6,8,10H2,1-2H3. The Bertz CT molecular complexity index is 776. The predicted molar refractivity (Wildman–Crippen MR) is 85.3 cm³/mol. The number of imidazole rings is 1. The van der Waals surface area contributed by atoms with E-state index in [4.69, 9.17) is 0 Å². The Morgan fingerprint density at radius 1 is 1.32 bits per heavy atom. The third-order valence-electron chi connectivity index (χ3n) is 3.97. The molecule has 1 saturated carbocycles. The van der Waals surface area contributed by atoms with Crippen LogP contribution in [-0.2, 0) is 16.6 Å². The van der Waals surface area contributed by atoms with Crippen molar-refractivity contribution in [3.05, 3.63) is 47.5 Å². The van der Waals surface area contributed by atoms with Gasteiger partial charge in [0.15, 0.2) is 0 Å². The van der Waals surface area contributed by atoms with Gasteiger partial charge in [0.2, 0.25) is 10.0 Å². The molecule has 5 nitrogen and oxygen atoms in total. The molecular formula is C16H21N3O2S. The maximum Gasteiger partial charge on any atom is 0.240 e. The van der Waals surface area contributed by atoms with Crippen LogP contribution in [-0.4, -0.2) is 24.5 Å². The summed E-state index contributed by atoms with van der Waals surface area (Å²) in [5, 5.41) is 0. The van der Waals surface area contributed by atoms with Gasteiger partial charge in [0.1, 0.15) is 5.82 Å². The zero-order valence-corrected chi connectivity index (χ0v) is 13.7. The summed E-state index contributed by atoms with van der Waals surface area (Å²) in [6, 6.07) is 5.47. The molecule has 0 bridgehead atoms. The Labute approximate surface area is 131 Å². The minimum Gasteiger partial charge on any atom is -0.333 e. The van der Waals surface area contributed by atoms with Gasteiger partial charge in [-0.3, -0.25) is 0 Å². The van der Waals surface area contributed by atoms with Crippen molar-refractivity contribution in [1.82, 2.24) is 14.3 Å². The lowest BCUT2D eigenvalue weighted by atomic mass is 10.2. The van der Waals surface area contributed by atoms with Crippen molar-refractivity contribution in [3.63, 3.8) is 0 Å². The first kappa shape index (κ1) is 15.2. The minimum absolute atomic E-state index is 0.362. The van der Waals surface area contributed by atoms with Gasteiger partial charge >= 0.3 is 0 Å². The highest BCUT2D eigenvalue weighted by atomic mass is 32.2. The highest BCUT2D eigenvalue weighted by Crippen LogP contribution is 2.38. The first-order valence-corrected chi connectivity index (χ1v) is 9.03. The predicted octanol–water partition coefficient (Wildman–Crippen LogP) is 2.36. The van der Waals surface area contributed by atoms with Gasteiger partial charge < -0.3 is 4.57 Å². The van der Waals surface area contributed by atoms with E-state index in [1.54, 1.807) is 12.3 Å². The van der Waals surface area contributed by atoms with Crippen LogP contribution in [0.5, 0.6) is 0 Å². The number of nitrogens with zero attached hydrogens (tertiary/aromatic N) is 2. The van der Waals surface area contributed by atoms with E-state index in [9.17, 15) is 8.42 Å². The summed E-state index contributed by atoms with van der Waals surface area (Å²) < 4.78 is 29.6. The van der Waals surface area contributed by atoms with E-state index in [0.29, 0.717) is 23.9 Å². The molecule has 1 aromatic heterocycles. The van der Waals surface area contributed by atoms with Gasteiger partial charge in [0.25, 0.3) is 0 Å². The van der Waals surface area contributed by atoms with Crippen molar-refractivity contribution < 1.29 is 8.42 Å². The molecule has 0 amide bonds. The molecule has 0 spiro atoms. The van der Waals surface area contributed by atoms with Gasteiger partial charge in [-0.05, 0) is 43.9 Å². The topological polar surface area (TPSA) is 64.0 Å². The van der Waals surface area contributed by atoms with Gasteiger partial charge in [0.05, 0.1) is 4.90 Å². The van der Waals surface area contributed by atoms with Gasteiger partial charge in [0, 0.05) is 31.4 Å². The third kappa shape index (κ3) is 3.23. The Kier molecular flexibility index (Phi) is 4.06. The van der Waals surface area contributed by atoms with Crippen LogP contribution in [0.4, 0.5) is 0 Å². The maximum atomic E-state index is 12.4. The van der Waals surface area contributed by atoms with Gasteiger partial charge in [-0.15, -0.1) is 0 Å². The van der Waals surface area contributed by atoms with E-state index in [2.05, 4.69) is 9.71 Å². The van der Waals surface area contributed by atoms with Gasteiger partial charge in [-0.2, -0.15) is 0 Å². The highest BCUT2D eigenvalue weighted by Gasteiger charge is 2.27. The zero-order chi connectivity index (χ0) is 15.7. The van der Waals surface area contributed by atoms with Crippen LogP contribution in [0.3, 0.4) is 0 Å². The lowest BCUT2D eigenvalue weighted by Crippen LogP contribution is -2.28. The van der Waals surface area contributed by atoms with Crippen LogP contribution in [0, 0.1) is 13.8 Å². The van der Waals surface area contributed by atoms with Crippen LogP contribution in [0.25, 0.3) is 0 Å². The molecule has 2 aromatic rings. The van der Waals surface area contributed by atoms with E-state index in [0.717, 1.165) is 17.0 Å². The minimum atomic E-state index is -3.47. The lowest BCUT2D eigenvalue weighted by Gasteiger charge is -2.11. The van der Waals surface area contributed by atoms with E-state index >= 15 is 0 Å². The van der Waals surface area contributed by atoms with Crippen LogP contribution in [0.15, 0.2) is 35.5 Å². The number of benzene rings is 1. The number of rotatable bonds is 6. The molecule has 1 heterocycles. The van der Waals surface area contributed by atoms with E-state index in [1.807, 2.05) is 36.7 Å². The van der Waals surface area contributed by atoms with Crippen LogP contribution >= 0.6 is 0 Å². The fraction of sp³-hybridized carbons (Fsp3) is 0.438. The molecule has 1 aliphatic carbocycles. The average Bonchev–Trinajstić information content (AvgIpc) is 3.21. The van der Waals surface area contributed by atoms with Crippen molar-refractivity contribution in [3.8, 4) is 0 Å². The zero-order valence-electron chi connectivity index (χ0n) is 12.9. The van der Waals surface area contributed by atoms with Crippen molar-refractivity contribution in [2.24, 2.45) is 0 Å². The highest BCUT2D eigenvalue weighted by molar-refractivity contribution is 7.89. The fourth-order valence-corrected chi connectivity index (χ4v) is 3.93. The molecule has 1 fully saturated rings. The molecule has 1 N–H and O–H groups in total. The molecule has 22 heavy (non-hydrogen) atoms. The third-order valence-corrected chi connectivity index (χ3v) is 5.57. The maximum absolute atomic E-state index is 12.4. The monoisotopic (exact) mass is 319 g/mol. The average molecular weight is 319 g/mol. The molecule has 0 aliphatic heterocycles. The van der Waals surface area contributed by atoms with Crippen LogP contribution in [0.2, 0.25) is 0 Å². The first-order valence-electron chi connectivity index (χ1n) is 7.55. The number of hydrogen-bond donors (Lipinski definition) is 1. The molecule has 0 unspecified atom stereocenters. The van der Waals surface area contributed by atoms with Gasteiger partial charge in [-0.25, -0.2) is 18.1 Å². The summed E-state index contributed by atoms with van der Waals surface area (Å²) in [5.74, 6) is 1.64. The second kappa shape index (κ2) is 5.85. The molecule has 1 aliphatic rings.